The van der Waals surface area contributed by atoms with Gasteiger partial charge in [-0.05, 0) is 43.4 Å². The second kappa shape index (κ2) is 6.15. The maximum Gasteiger partial charge on any atom is 0.161 e. The number of benzene rings is 1. The average molecular weight is 255 g/mol. The molecule has 0 N–H and O–H groups in total. The fourth-order valence-electron chi connectivity index (χ4n) is 2.26. The predicted molar refractivity (Wildman–Crippen MR) is 70.1 cm³/mol. The normalized spacial score (nSPS) is 16.8. The summed E-state index contributed by atoms with van der Waals surface area (Å²) in [6.07, 6.45) is 6.49. The third-order valence-electron chi connectivity index (χ3n) is 3.23. The van der Waals surface area contributed by atoms with Gasteiger partial charge in [-0.25, -0.2) is 0 Å². The van der Waals surface area contributed by atoms with E-state index in [0.717, 1.165) is 29.9 Å². The van der Waals surface area contributed by atoms with E-state index >= 15 is 0 Å². The first-order valence-electron chi connectivity index (χ1n) is 6.23. The summed E-state index contributed by atoms with van der Waals surface area (Å²) in [6.45, 7) is 0. The molecule has 0 bridgehead atoms. The van der Waals surface area contributed by atoms with Crippen LogP contribution in [0.5, 0.6) is 11.5 Å². The highest BCUT2D eigenvalue weighted by molar-refractivity contribution is 6.17. The lowest BCUT2D eigenvalue weighted by atomic mass is 9.98. The molecule has 3 heteroatoms. The average Bonchev–Trinajstić information content (AvgIpc) is 2.40. The van der Waals surface area contributed by atoms with Crippen molar-refractivity contribution < 1.29 is 9.47 Å². The molecule has 0 aliphatic heterocycles. The fourth-order valence-corrected chi connectivity index (χ4v) is 2.43. The Balaban J connectivity index is 2.11. The summed E-state index contributed by atoms with van der Waals surface area (Å²) in [6, 6.07) is 5.88. The van der Waals surface area contributed by atoms with E-state index in [0.29, 0.717) is 12.0 Å². The van der Waals surface area contributed by atoms with Crippen LogP contribution >= 0.6 is 11.6 Å². The lowest BCUT2D eigenvalue weighted by Gasteiger charge is -2.24. The SMILES string of the molecule is COc1ccc(CCl)cc1OC1CCCCC1. The van der Waals surface area contributed by atoms with Gasteiger partial charge < -0.3 is 9.47 Å². The number of methoxy groups -OCH3 is 1. The summed E-state index contributed by atoms with van der Waals surface area (Å²) in [5.41, 5.74) is 1.07. The first kappa shape index (κ1) is 12.6. The van der Waals surface area contributed by atoms with Crippen LogP contribution in [0.3, 0.4) is 0 Å². The lowest BCUT2D eigenvalue weighted by Crippen LogP contribution is -2.19. The Morgan fingerprint density at radius 2 is 1.94 bits per heavy atom. The maximum atomic E-state index is 6.04. The molecule has 1 fully saturated rings. The molecule has 0 atom stereocenters. The molecule has 1 saturated carbocycles. The molecule has 1 aromatic carbocycles. The Hall–Kier alpha value is -0.890. The van der Waals surface area contributed by atoms with Gasteiger partial charge >= 0.3 is 0 Å². The summed E-state index contributed by atoms with van der Waals surface area (Å²) in [5, 5.41) is 0. The molecule has 1 aliphatic rings. The molecule has 2 nitrogen and oxygen atoms in total. The van der Waals surface area contributed by atoms with Crippen LogP contribution < -0.4 is 9.47 Å². The summed E-state index contributed by atoms with van der Waals surface area (Å²) in [5.74, 6) is 2.13. The number of alkyl halides is 1. The number of rotatable bonds is 4. The first-order valence-corrected chi connectivity index (χ1v) is 6.76. The topological polar surface area (TPSA) is 18.5 Å². The quantitative estimate of drug-likeness (QED) is 0.752. The van der Waals surface area contributed by atoms with E-state index in [2.05, 4.69) is 0 Å². The van der Waals surface area contributed by atoms with E-state index in [1.807, 2.05) is 18.2 Å². The molecule has 0 heterocycles. The summed E-state index contributed by atoms with van der Waals surface area (Å²) in [4.78, 5) is 0. The van der Waals surface area contributed by atoms with Gasteiger partial charge in [0.05, 0.1) is 13.2 Å². The Kier molecular flexibility index (Phi) is 4.55. The summed E-state index contributed by atoms with van der Waals surface area (Å²) >= 11 is 5.84. The van der Waals surface area contributed by atoms with Gasteiger partial charge in [-0.1, -0.05) is 12.5 Å². The van der Waals surface area contributed by atoms with Crippen molar-refractivity contribution >= 4 is 11.6 Å². The van der Waals surface area contributed by atoms with Crippen LogP contribution in [0.1, 0.15) is 37.7 Å². The van der Waals surface area contributed by atoms with Gasteiger partial charge in [-0.15, -0.1) is 11.6 Å². The molecular weight excluding hydrogens is 236 g/mol. The summed E-state index contributed by atoms with van der Waals surface area (Å²) < 4.78 is 11.4. The van der Waals surface area contributed by atoms with Gasteiger partial charge in [-0.2, -0.15) is 0 Å². The number of hydrogen-bond donors (Lipinski definition) is 0. The van der Waals surface area contributed by atoms with Gasteiger partial charge in [0.15, 0.2) is 11.5 Å². The van der Waals surface area contributed by atoms with Crippen LogP contribution in [0, 0.1) is 0 Å². The van der Waals surface area contributed by atoms with Crippen LogP contribution in [0.25, 0.3) is 0 Å². The summed E-state index contributed by atoms with van der Waals surface area (Å²) in [7, 11) is 1.67. The second-order valence-electron chi connectivity index (χ2n) is 4.50. The van der Waals surface area contributed by atoms with Crippen molar-refractivity contribution in [2.45, 2.75) is 44.1 Å². The lowest BCUT2D eigenvalue weighted by molar-refractivity contribution is 0.149. The van der Waals surface area contributed by atoms with Gasteiger partial charge in [0.2, 0.25) is 0 Å². The molecule has 1 aromatic rings. The van der Waals surface area contributed by atoms with Crippen molar-refractivity contribution in [1.29, 1.82) is 0 Å². The Labute approximate surface area is 108 Å². The minimum atomic E-state index is 0.336. The monoisotopic (exact) mass is 254 g/mol. The molecule has 0 aromatic heterocycles. The van der Waals surface area contributed by atoms with Crippen LogP contribution in [0.15, 0.2) is 18.2 Å². The minimum absolute atomic E-state index is 0.336. The van der Waals surface area contributed by atoms with Gasteiger partial charge in [-0.3, -0.25) is 0 Å². The smallest absolute Gasteiger partial charge is 0.161 e. The zero-order chi connectivity index (χ0) is 12.1. The molecule has 2 rings (SSSR count). The third kappa shape index (κ3) is 3.29. The van der Waals surface area contributed by atoms with Crippen molar-refractivity contribution in [2.24, 2.45) is 0 Å². The number of ether oxygens (including phenoxy) is 2. The first-order chi connectivity index (χ1) is 8.33. The molecule has 0 unspecified atom stereocenters. The van der Waals surface area contributed by atoms with Crippen molar-refractivity contribution in [3.05, 3.63) is 23.8 Å². The Morgan fingerprint density at radius 1 is 1.18 bits per heavy atom. The van der Waals surface area contributed by atoms with Crippen molar-refractivity contribution in [2.75, 3.05) is 7.11 Å². The highest BCUT2D eigenvalue weighted by Gasteiger charge is 2.17. The van der Waals surface area contributed by atoms with E-state index in [1.54, 1.807) is 7.11 Å². The zero-order valence-electron chi connectivity index (χ0n) is 10.2. The van der Waals surface area contributed by atoms with Crippen molar-refractivity contribution in [3.63, 3.8) is 0 Å². The highest BCUT2D eigenvalue weighted by Crippen LogP contribution is 2.32. The maximum absolute atomic E-state index is 6.04. The van der Waals surface area contributed by atoms with Crippen LogP contribution in [0.2, 0.25) is 0 Å². The molecule has 0 radical (unpaired) electrons. The Bertz CT molecular complexity index is 359. The number of hydrogen-bond acceptors (Lipinski definition) is 2. The molecule has 0 amide bonds. The molecule has 94 valence electrons. The van der Waals surface area contributed by atoms with E-state index in [1.165, 1.54) is 19.3 Å². The van der Waals surface area contributed by atoms with Crippen molar-refractivity contribution in [3.8, 4) is 11.5 Å². The van der Waals surface area contributed by atoms with E-state index in [9.17, 15) is 0 Å². The van der Waals surface area contributed by atoms with Crippen LogP contribution in [-0.4, -0.2) is 13.2 Å². The van der Waals surface area contributed by atoms with E-state index in [-0.39, 0.29) is 0 Å². The molecule has 0 spiro atoms. The third-order valence-corrected chi connectivity index (χ3v) is 3.54. The standard InChI is InChI=1S/C14H19ClO2/c1-16-13-8-7-11(10-15)9-14(13)17-12-5-3-2-4-6-12/h7-9,12H,2-6,10H2,1H3. The van der Waals surface area contributed by atoms with Crippen LogP contribution in [0.4, 0.5) is 0 Å². The van der Waals surface area contributed by atoms with Gasteiger partial charge in [0, 0.05) is 5.88 Å². The zero-order valence-corrected chi connectivity index (χ0v) is 11.0. The Morgan fingerprint density at radius 3 is 2.59 bits per heavy atom. The van der Waals surface area contributed by atoms with Crippen LogP contribution in [-0.2, 0) is 5.88 Å². The molecule has 1 aliphatic carbocycles. The van der Waals surface area contributed by atoms with Gasteiger partial charge in [0.25, 0.3) is 0 Å². The predicted octanol–water partition coefficient (Wildman–Crippen LogP) is 4.15. The van der Waals surface area contributed by atoms with E-state index in [4.69, 9.17) is 21.1 Å². The van der Waals surface area contributed by atoms with E-state index < -0.39 is 0 Å². The molecule has 0 saturated heterocycles. The highest BCUT2D eigenvalue weighted by atomic mass is 35.5. The second-order valence-corrected chi connectivity index (χ2v) is 4.76. The fraction of sp³-hybridized carbons (Fsp3) is 0.571. The molecule has 17 heavy (non-hydrogen) atoms. The van der Waals surface area contributed by atoms with Crippen molar-refractivity contribution in [1.82, 2.24) is 0 Å². The number of halogens is 1. The largest absolute Gasteiger partial charge is 0.493 e. The minimum Gasteiger partial charge on any atom is -0.493 e. The molecular formula is C14H19ClO2. The van der Waals surface area contributed by atoms with Gasteiger partial charge in [0.1, 0.15) is 0 Å².